The van der Waals surface area contributed by atoms with Gasteiger partial charge in [-0.1, -0.05) is 6.07 Å². The zero-order valence-electron chi connectivity index (χ0n) is 13.9. The molecular formula is C20H18O5. The molecule has 0 saturated heterocycles. The lowest BCUT2D eigenvalue weighted by Gasteiger charge is -2.12. The molecule has 25 heavy (non-hydrogen) atoms. The number of para-hydroxylation sites is 1. The number of hydrogen-bond acceptors (Lipinski definition) is 5. The molecule has 5 heteroatoms. The Morgan fingerprint density at radius 2 is 0.920 bits per heavy atom. The third-order valence-corrected chi connectivity index (χ3v) is 3.54. The van der Waals surface area contributed by atoms with E-state index in [0.29, 0.717) is 23.0 Å². The summed E-state index contributed by atoms with van der Waals surface area (Å²) in [6, 6.07) is 19.2. The summed E-state index contributed by atoms with van der Waals surface area (Å²) < 4.78 is 21.7. The third kappa shape index (κ3) is 3.95. The van der Waals surface area contributed by atoms with Gasteiger partial charge in [-0.2, -0.15) is 0 Å². The molecule has 0 aliphatic carbocycles. The zero-order valence-corrected chi connectivity index (χ0v) is 13.9. The second kappa shape index (κ2) is 7.49. The second-order valence-corrected chi connectivity index (χ2v) is 5.16. The molecule has 0 saturated carbocycles. The van der Waals surface area contributed by atoms with E-state index in [1.54, 1.807) is 80.9 Å². The lowest BCUT2D eigenvalue weighted by Crippen LogP contribution is -1.90. The van der Waals surface area contributed by atoms with Crippen LogP contribution in [0.25, 0.3) is 0 Å². The summed E-state index contributed by atoms with van der Waals surface area (Å²) in [5.41, 5.74) is 0. The highest BCUT2D eigenvalue weighted by Crippen LogP contribution is 2.40. The van der Waals surface area contributed by atoms with Gasteiger partial charge < -0.3 is 24.1 Å². The Labute approximate surface area is 146 Å². The molecule has 5 nitrogen and oxygen atoms in total. The number of hydrogen-bond donors (Lipinski definition) is 1. The van der Waals surface area contributed by atoms with E-state index < -0.39 is 0 Å². The van der Waals surface area contributed by atoms with Gasteiger partial charge in [0.1, 0.15) is 23.0 Å². The van der Waals surface area contributed by atoms with E-state index >= 15 is 0 Å². The number of aromatic hydroxyl groups is 1. The first kappa shape index (κ1) is 16.5. The van der Waals surface area contributed by atoms with Gasteiger partial charge >= 0.3 is 0 Å². The molecule has 0 aliphatic rings. The molecule has 0 atom stereocenters. The normalized spacial score (nSPS) is 10.2. The predicted molar refractivity (Wildman–Crippen MR) is 94.2 cm³/mol. The SMILES string of the molecule is COc1ccc(Oc2cccc(Oc3ccc(OC)cc3)c2O)cc1. The molecule has 1 N–H and O–H groups in total. The van der Waals surface area contributed by atoms with Crippen molar-refractivity contribution in [3.8, 4) is 40.2 Å². The first-order valence-corrected chi connectivity index (χ1v) is 7.65. The van der Waals surface area contributed by atoms with Crippen LogP contribution in [0.1, 0.15) is 0 Å². The topological polar surface area (TPSA) is 57.2 Å². The molecule has 0 heterocycles. The minimum absolute atomic E-state index is 0.0749. The molecule has 3 aromatic rings. The van der Waals surface area contributed by atoms with Gasteiger partial charge in [0, 0.05) is 0 Å². The van der Waals surface area contributed by atoms with Crippen LogP contribution < -0.4 is 18.9 Å². The summed E-state index contributed by atoms with van der Waals surface area (Å²) >= 11 is 0. The molecule has 0 spiro atoms. The minimum atomic E-state index is -0.0749. The van der Waals surface area contributed by atoms with Crippen LogP contribution in [0, 0.1) is 0 Å². The molecule has 3 aromatic carbocycles. The van der Waals surface area contributed by atoms with Crippen molar-refractivity contribution in [3.63, 3.8) is 0 Å². The van der Waals surface area contributed by atoms with E-state index in [4.69, 9.17) is 18.9 Å². The average molecular weight is 338 g/mol. The number of ether oxygens (including phenoxy) is 4. The predicted octanol–water partition coefficient (Wildman–Crippen LogP) is 4.99. The smallest absolute Gasteiger partial charge is 0.202 e. The van der Waals surface area contributed by atoms with Gasteiger partial charge in [0.15, 0.2) is 11.5 Å². The molecule has 3 rings (SSSR count). The number of rotatable bonds is 6. The van der Waals surface area contributed by atoms with Crippen LogP contribution in [0.5, 0.6) is 40.2 Å². The van der Waals surface area contributed by atoms with Crippen LogP contribution in [0.3, 0.4) is 0 Å². The van der Waals surface area contributed by atoms with Crippen molar-refractivity contribution in [2.24, 2.45) is 0 Å². The fraction of sp³-hybridized carbons (Fsp3) is 0.100. The Morgan fingerprint density at radius 1 is 0.560 bits per heavy atom. The Balaban J connectivity index is 1.78. The van der Waals surface area contributed by atoms with Crippen LogP contribution in [-0.2, 0) is 0 Å². The van der Waals surface area contributed by atoms with Crippen molar-refractivity contribution in [1.29, 1.82) is 0 Å². The maximum Gasteiger partial charge on any atom is 0.202 e. The Bertz CT molecular complexity index is 758. The number of benzene rings is 3. The van der Waals surface area contributed by atoms with Gasteiger partial charge in [-0.25, -0.2) is 0 Å². The van der Waals surface area contributed by atoms with Crippen molar-refractivity contribution in [2.75, 3.05) is 14.2 Å². The molecule has 0 unspecified atom stereocenters. The van der Waals surface area contributed by atoms with Crippen molar-refractivity contribution in [3.05, 3.63) is 66.7 Å². The maximum absolute atomic E-state index is 10.4. The molecule has 0 aromatic heterocycles. The van der Waals surface area contributed by atoms with Gasteiger partial charge in [0.2, 0.25) is 5.75 Å². The van der Waals surface area contributed by atoms with Gasteiger partial charge in [0.05, 0.1) is 14.2 Å². The first-order valence-electron chi connectivity index (χ1n) is 7.65. The van der Waals surface area contributed by atoms with Crippen molar-refractivity contribution < 1.29 is 24.1 Å². The van der Waals surface area contributed by atoms with Crippen molar-refractivity contribution in [2.45, 2.75) is 0 Å². The lowest BCUT2D eigenvalue weighted by molar-refractivity contribution is 0.376. The van der Waals surface area contributed by atoms with Gasteiger partial charge in [-0.15, -0.1) is 0 Å². The standard InChI is InChI=1S/C20H18O5/c1-22-14-6-10-16(11-7-14)24-18-4-3-5-19(20(18)21)25-17-12-8-15(23-2)9-13-17/h3-13,21H,1-2H3. The van der Waals surface area contributed by atoms with E-state index in [0.717, 1.165) is 11.5 Å². The first-order chi connectivity index (χ1) is 12.2. The van der Waals surface area contributed by atoms with E-state index in [-0.39, 0.29) is 5.75 Å². The van der Waals surface area contributed by atoms with Crippen LogP contribution in [0.4, 0.5) is 0 Å². The maximum atomic E-state index is 10.4. The highest BCUT2D eigenvalue weighted by Gasteiger charge is 2.11. The van der Waals surface area contributed by atoms with Crippen LogP contribution in [-0.4, -0.2) is 19.3 Å². The Morgan fingerprint density at radius 3 is 1.28 bits per heavy atom. The highest BCUT2D eigenvalue weighted by atomic mass is 16.5. The summed E-state index contributed by atoms with van der Waals surface area (Å²) in [6.45, 7) is 0. The monoisotopic (exact) mass is 338 g/mol. The summed E-state index contributed by atoms with van der Waals surface area (Å²) in [5.74, 6) is 3.15. The Hall–Kier alpha value is -3.34. The quantitative estimate of drug-likeness (QED) is 0.686. The van der Waals surface area contributed by atoms with Crippen LogP contribution >= 0.6 is 0 Å². The lowest BCUT2D eigenvalue weighted by atomic mass is 10.2. The zero-order chi connectivity index (χ0) is 17.6. The van der Waals surface area contributed by atoms with E-state index in [9.17, 15) is 5.11 Å². The number of methoxy groups -OCH3 is 2. The summed E-state index contributed by atoms with van der Waals surface area (Å²) in [5, 5.41) is 10.4. The largest absolute Gasteiger partial charge is 0.502 e. The van der Waals surface area contributed by atoms with E-state index in [1.165, 1.54) is 0 Å². The Kier molecular flexibility index (Phi) is 4.95. The molecule has 0 amide bonds. The summed E-state index contributed by atoms with van der Waals surface area (Å²) in [4.78, 5) is 0. The fourth-order valence-electron chi connectivity index (χ4n) is 2.21. The molecule has 0 radical (unpaired) electrons. The van der Waals surface area contributed by atoms with Gasteiger partial charge in [0.25, 0.3) is 0 Å². The summed E-state index contributed by atoms with van der Waals surface area (Å²) in [6.07, 6.45) is 0. The summed E-state index contributed by atoms with van der Waals surface area (Å²) in [7, 11) is 3.20. The van der Waals surface area contributed by atoms with Gasteiger partial charge in [-0.3, -0.25) is 0 Å². The number of phenolic OH excluding ortho intramolecular Hbond substituents is 1. The molecule has 0 aliphatic heterocycles. The second-order valence-electron chi connectivity index (χ2n) is 5.16. The fourth-order valence-corrected chi connectivity index (χ4v) is 2.21. The van der Waals surface area contributed by atoms with Crippen LogP contribution in [0.2, 0.25) is 0 Å². The van der Waals surface area contributed by atoms with Crippen molar-refractivity contribution >= 4 is 0 Å². The van der Waals surface area contributed by atoms with E-state index in [1.807, 2.05) is 0 Å². The van der Waals surface area contributed by atoms with Crippen molar-refractivity contribution in [1.82, 2.24) is 0 Å². The van der Waals surface area contributed by atoms with Crippen LogP contribution in [0.15, 0.2) is 66.7 Å². The molecule has 0 fully saturated rings. The highest BCUT2D eigenvalue weighted by molar-refractivity contribution is 5.53. The average Bonchev–Trinajstić information content (AvgIpc) is 2.66. The van der Waals surface area contributed by atoms with E-state index in [2.05, 4.69) is 0 Å². The third-order valence-electron chi connectivity index (χ3n) is 3.54. The van der Waals surface area contributed by atoms with Gasteiger partial charge in [-0.05, 0) is 60.7 Å². The number of phenols is 1. The minimum Gasteiger partial charge on any atom is -0.502 e. The molecule has 128 valence electrons. The molecular weight excluding hydrogens is 320 g/mol. The molecule has 0 bridgehead atoms.